The van der Waals surface area contributed by atoms with Crippen LogP contribution >= 0.6 is 0 Å². The molecule has 1 heterocycles. The highest BCUT2D eigenvalue weighted by Gasteiger charge is 2.15. The molecule has 0 aliphatic carbocycles. The number of para-hydroxylation sites is 1. The third-order valence-electron chi connectivity index (χ3n) is 3.15. The second-order valence-electron chi connectivity index (χ2n) is 5.92. The summed E-state index contributed by atoms with van der Waals surface area (Å²) in [7, 11) is 0. The van der Waals surface area contributed by atoms with Gasteiger partial charge in [0, 0.05) is 30.9 Å². The van der Waals surface area contributed by atoms with Crippen molar-refractivity contribution >= 4 is 0 Å². The van der Waals surface area contributed by atoms with Crippen molar-refractivity contribution in [2.75, 3.05) is 0 Å². The molecule has 0 spiro atoms. The van der Waals surface area contributed by atoms with Crippen LogP contribution in [0.2, 0.25) is 0 Å². The average molecular weight is 275 g/mol. The first-order valence-electron chi connectivity index (χ1n) is 6.97. The maximum atomic E-state index is 14.3. The number of rotatable bonds is 4. The molecule has 0 aliphatic rings. The van der Waals surface area contributed by atoms with E-state index in [2.05, 4.69) is 31.1 Å². The summed E-state index contributed by atoms with van der Waals surface area (Å²) in [5.74, 6) is 0.651. The van der Waals surface area contributed by atoms with Crippen LogP contribution in [0.5, 0.6) is 0 Å². The van der Waals surface area contributed by atoms with E-state index in [1.807, 2.05) is 23.8 Å². The fourth-order valence-electron chi connectivity index (χ4n) is 2.13. The summed E-state index contributed by atoms with van der Waals surface area (Å²) in [4.78, 5) is 4.28. The van der Waals surface area contributed by atoms with Crippen molar-refractivity contribution in [3.8, 4) is 5.69 Å². The van der Waals surface area contributed by atoms with E-state index in [0.29, 0.717) is 12.2 Å². The molecule has 0 radical (unpaired) electrons. The predicted octanol–water partition coefficient (Wildman–Crippen LogP) is 3.46. The molecule has 0 fully saturated rings. The monoisotopic (exact) mass is 275 g/mol. The minimum atomic E-state index is -0.217. The molecule has 1 aromatic carbocycles. The molecule has 0 unspecified atom stereocenters. The number of nitrogens with one attached hydrogen (secondary N) is 1. The zero-order valence-electron chi connectivity index (χ0n) is 12.6. The topological polar surface area (TPSA) is 29.9 Å². The van der Waals surface area contributed by atoms with Gasteiger partial charge in [0.15, 0.2) is 0 Å². The predicted molar refractivity (Wildman–Crippen MR) is 79.5 cm³/mol. The lowest BCUT2D eigenvalue weighted by atomic mass is 10.1. The summed E-state index contributed by atoms with van der Waals surface area (Å²) in [6.45, 7) is 8.94. The Bertz CT molecular complexity index is 582. The molecule has 1 aromatic heterocycles. The lowest BCUT2D eigenvalue weighted by molar-refractivity contribution is 0.423. The number of benzene rings is 1. The van der Waals surface area contributed by atoms with E-state index < -0.39 is 0 Å². The highest BCUT2D eigenvalue weighted by molar-refractivity contribution is 5.43. The first kappa shape index (κ1) is 14.7. The fraction of sp³-hybridized carbons (Fsp3) is 0.438. The quantitative estimate of drug-likeness (QED) is 0.926. The lowest BCUT2D eigenvalue weighted by Crippen LogP contribution is -2.35. The lowest BCUT2D eigenvalue weighted by Gasteiger charge is -2.22. The number of halogens is 1. The van der Waals surface area contributed by atoms with Gasteiger partial charge in [-0.2, -0.15) is 0 Å². The van der Waals surface area contributed by atoms with Gasteiger partial charge >= 0.3 is 0 Å². The van der Waals surface area contributed by atoms with Crippen molar-refractivity contribution in [3.63, 3.8) is 0 Å². The van der Waals surface area contributed by atoms with Crippen LogP contribution in [0.3, 0.4) is 0 Å². The normalized spacial score (nSPS) is 11.8. The molecule has 0 bridgehead atoms. The minimum absolute atomic E-state index is 0.00783. The number of imidazole rings is 1. The van der Waals surface area contributed by atoms with Gasteiger partial charge in [0.1, 0.15) is 11.6 Å². The van der Waals surface area contributed by atoms with Gasteiger partial charge in [0.05, 0.1) is 5.69 Å². The molecule has 20 heavy (non-hydrogen) atoms. The summed E-state index contributed by atoms with van der Waals surface area (Å²) >= 11 is 0. The Morgan fingerprint density at radius 2 is 2.05 bits per heavy atom. The van der Waals surface area contributed by atoms with Gasteiger partial charge in [0.2, 0.25) is 0 Å². The number of hydrogen-bond acceptors (Lipinski definition) is 2. The van der Waals surface area contributed by atoms with Crippen LogP contribution in [0.15, 0.2) is 30.6 Å². The summed E-state index contributed by atoms with van der Waals surface area (Å²) in [6, 6.07) is 5.20. The highest BCUT2D eigenvalue weighted by Crippen LogP contribution is 2.21. The Labute approximate surface area is 119 Å². The van der Waals surface area contributed by atoms with Gasteiger partial charge in [-0.1, -0.05) is 19.1 Å². The van der Waals surface area contributed by atoms with Crippen molar-refractivity contribution in [3.05, 3.63) is 47.8 Å². The minimum Gasteiger partial charge on any atom is -0.308 e. The van der Waals surface area contributed by atoms with Crippen molar-refractivity contribution in [1.29, 1.82) is 0 Å². The van der Waals surface area contributed by atoms with E-state index in [-0.39, 0.29) is 11.4 Å². The molecule has 0 saturated carbocycles. The van der Waals surface area contributed by atoms with Gasteiger partial charge < -0.3 is 9.88 Å². The van der Waals surface area contributed by atoms with Crippen molar-refractivity contribution < 1.29 is 4.39 Å². The molecule has 108 valence electrons. The van der Waals surface area contributed by atoms with E-state index >= 15 is 0 Å². The van der Waals surface area contributed by atoms with Crippen LogP contribution in [0.1, 0.15) is 39.1 Å². The van der Waals surface area contributed by atoms with Crippen LogP contribution in [0.4, 0.5) is 4.39 Å². The molecule has 4 heteroatoms. The molecular formula is C16H22FN3. The molecule has 1 N–H and O–H groups in total. The van der Waals surface area contributed by atoms with Gasteiger partial charge in [-0.3, -0.25) is 0 Å². The highest BCUT2D eigenvalue weighted by atomic mass is 19.1. The summed E-state index contributed by atoms with van der Waals surface area (Å²) in [5, 5.41) is 3.40. The zero-order valence-corrected chi connectivity index (χ0v) is 12.6. The van der Waals surface area contributed by atoms with Gasteiger partial charge in [-0.15, -0.1) is 0 Å². The number of aryl methyl sites for hydroxylation is 1. The molecular weight excluding hydrogens is 253 g/mol. The van der Waals surface area contributed by atoms with Crippen LogP contribution in [0, 0.1) is 5.82 Å². The van der Waals surface area contributed by atoms with E-state index in [1.165, 1.54) is 6.07 Å². The van der Waals surface area contributed by atoms with Crippen LogP contribution in [-0.4, -0.2) is 15.1 Å². The third kappa shape index (κ3) is 3.25. The second kappa shape index (κ2) is 5.75. The van der Waals surface area contributed by atoms with Gasteiger partial charge in [0.25, 0.3) is 0 Å². The number of aromatic nitrogens is 2. The summed E-state index contributed by atoms with van der Waals surface area (Å²) in [6.07, 6.45) is 4.30. The Kier molecular flexibility index (Phi) is 4.23. The summed E-state index contributed by atoms with van der Waals surface area (Å²) < 4.78 is 16.1. The molecule has 0 atom stereocenters. The van der Waals surface area contributed by atoms with E-state index in [0.717, 1.165) is 17.8 Å². The first-order valence-corrected chi connectivity index (χ1v) is 6.97. The van der Waals surface area contributed by atoms with Crippen molar-refractivity contribution in [2.24, 2.45) is 0 Å². The molecule has 2 aromatic rings. The number of hydrogen-bond donors (Lipinski definition) is 1. The maximum absolute atomic E-state index is 14.3. The van der Waals surface area contributed by atoms with Crippen molar-refractivity contribution in [2.45, 2.75) is 46.2 Å². The molecule has 0 saturated heterocycles. The molecule has 0 amide bonds. The smallest absolute Gasteiger partial charge is 0.147 e. The average Bonchev–Trinajstić information content (AvgIpc) is 2.83. The van der Waals surface area contributed by atoms with E-state index in [4.69, 9.17) is 0 Å². The van der Waals surface area contributed by atoms with Crippen LogP contribution < -0.4 is 5.32 Å². The van der Waals surface area contributed by atoms with Gasteiger partial charge in [-0.05, 0) is 32.4 Å². The number of nitrogens with zero attached hydrogens (tertiary/aromatic N) is 2. The van der Waals surface area contributed by atoms with E-state index in [9.17, 15) is 4.39 Å². The molecule has 2 rings (SSSR count). The van der Waals surface area contributed by atoms with E-state index in [1.54, 1.807) is 12.3 Å². The third-order valence-corrected chi connectivity index (χ3v) is 3.15. The standard InChI is InChI=1S/C16H22FN3/c1-5-14-18-9-10-20(14)15-12(7-6-8-13(15)17)11-19-16(2,3)4/h6-10,19H,5,11H2,1-4H3. The van der Waals surface area contributed by atoms with Crippen LogP contribution in [-0.2, 0) is 13.0 Å². The van der Waals surface area contributed by atoms with Crippen molar-refractivity contribution in [1.82, 2.24) is 14.9 Å². The first-order chi connectivity index (χ1) is 9.42. The molecule has 3 nitrogen and oxygen atoms in total. The second-order valence-corrected chi connectivity index (χ2v) is 5.92. The SMILES string of the molecule is CCc1nccn1-c1c(F)cccc1CNC(C)(C)C. The van der Waals surface area contributed by atoms with Crippen LogP contribution in [0.25, 0.3) is 5.69 Å². The largest absolute Gasteiger partial charge is 0.308 e. The zero-order chi connectivity index (χ0) is 14.8. The van der Waals surface area contributed by atoms with Gasteiger partial charge in [-0.25, -0.2) is 9.37 Å². The maximum Gasteiger partial charge on any atom is 0.147 e. The Morgan fingerprint density at radius 1 is 1.30 bits per heavy atom. The molecule has 0 aliphatic heterocycles. The Balaban J connectivity index is 2.41. The Hall–Kier alpha value is -1.68. The Morgan fingerprint density at radius 3 is 2.70 bits per heavy atom. The summed E-state index contributed by atoms with van der Waals surface area (Å²) in [5.41, 5.74) is 1.53. The fourth-order valence-corrected chi connectivity index (χ4v) is 2.13.